The zero-order valence-electron chi connectivity index (χ0n) is 35.0. The van der Waals surface area contributed by atoms with Gasteiger partial charge in [0, 0.05) is 48.8 Å². The average Bonchev–Trinajstić information content (AvgIpc) is 3.89. The topological polar surface area (TPSA) is 56.8 Å². The van der Waals surface area contributed by atoms with Crippen molar-refractivity contribution in [3.63, 3.8) is 0 Å². The van der Waals surface area contributed by atoms with E-state index in [2.05, 4.69) is 149 Å². The van der Waals surface area contributed by atoms with Crippen molar-refractivity contribution in [1.82, 2.24) is 4.57 Å². The van der Waals surface area contributed by atoms with E-state index in [0.717, 1.165) is 116 Å². The van der Waals surface area contributed by atoms with Gasteiger partial charge >= 0.3 is 0 Å². The van der Waals surface area contributed by atoms with Gasteiger partial charge in [0.05, 0.1) is 42.0 Å². The number of aromatic nitrogens is 1. The van der Waals surface area contributed by atoms with Crippen molar-refractivity contribution >= 4 is 83.9 Å². The molecule has 9 aromatic carbocycles. The number of furan rings is 1. The molecule has 2 atom stereocenters. The smallest absolute Gasteiger partial charge is 0.171 e. The van der Waals surface area contributed by atoms with Gasteiger partial charge in [0.2, 0.25) is 0 Å². The van der Waals surface area contributed by atoms with Crippen LogP contribution in [0.15, 0.2) is 205 Å². The molecular weight excluding hydrogens is 808 g/mol. The lowest BCUT2D eigenvalue weighted by Crippen LogP contribution is -2.49. The third-order valence-corrected chi connectivity index (χ3v) is 16.8. The Bertz CT molecular complexity index is 3700. The largest absolute Gasteiger partial charge is 0.497 e. The van der Waals surface area contributed by atoms with E-state index in [4.69, 9.17) is 13.9 Å². The number of hydrogen-bond donors (Lipinski definition) is 0. The van der Waals surface area contributed by atoms with Crippen molar-refractivity contribution in [2.24, 2.45) is 0 Å². The number of fused-ring (bicyclic) bond motifs is 14. The Kier molecular flexibility index (Phi) is 7.83. The molecule has 2 aliphatic rings. The van der Waals surface area contributed by atoms with Crippen LogP contribution in [0.5, 0.6) is 11.5 Å². The third-order valence-electron chi connectivity index (χ3n) is 13.6. The Balaban J connectivity index is 1.20. The van der Waals surface area contributed by atoms with Crippen LogP contribution in [0.4, 0.5) is 17.1 Å². The van der Waals surface area contributed by atoms with E-state index >= 15 is 4.57 Å². The van der Waals surface area contributed by atoms with Crippen LogP contribution in [0.2, 0.25) is 0 Å². The van der Waals surface area contributed by atoms with Crippen LogP contribution in [0.3, 0.4) is 0 Å². The number of hydrogen-bond acceptors (Lipinski definition) is 5. The van der Waals surface area contributed by atoms with Gasteiger partial charge in [0.25, 0.3) is 0 Å². The average molecular weight is 847 g/mol. The van der Waals surface area contributed by atoms with Gasteiger partial charge in [0.15, 0.2) is 7.14 Å². The van der Waals surface area contributed by atoms with Gasteiger partial charge in [-0.05, 0) is 107 Å². The zero-order chi connectivity index (χ0) is 42.7. The minimum absolute atomic E-state index is 0.718. The summed E-state index contributed by atoms with van der Waals surface area (Å²) in [7, 11) is -0.0890. The second kappa shape index (κ2) is 13.6. The molecule has 0 fully saturated rings. The molecule has 0 bridgehead atoms. The van der Waals surface area contributed by atoms with Crippen LogP contribution < -0.4 is 30.3 Å². The van der Waals surface area contributed by atoms with Crippen LogP contribution in [0.25, 0.3) is 49.4 Å². The number of para-hydroxylation sites is 3. The Morgan fingerprint density at radius 2 is 1.08 bits per heavy atom. The number of nitrogens with zero attached hydrogens (tertiary/aromatic N) is 2. The molecule has 0 amide bonds. The first-order valence-electron chi connectivity index (χ1n) is 21.5. The van der Waals surface area contributed by atoms with E-state index in [0.29, 0.717) is 0 Å². The van der Waals surface area contributed by atoms with Crippen molar-refractivity contribution in [1.29, 1.82) is 0 Å². The number of rotatable bonds is 5. The van der Waals surface area contributed by atoms with Crippen molar-refractivity contribution in [2.75, 3.05) is 19.1 Å². The summed E-state index contributed by atoms with van der Waals surface area (Å²) in [5.41, 5.74) is 11.0. The second-order valence-electron chi connectivity index (χ2n) is 16.7. The van der Waals surface area contributed by atoms with Gasteiger partial charge in [-0.1, -0.05) is 115 Å². The van der Waals surface area contributed by atoms with E-state index in [1.54, 1.807) is 14.2 Å². The fourth-order valence-corrected chi connectivity index (χ4v) is 14.1. The standard InChI is InChI=1S/C57H39N2O4P/c1-61-38-26-29-49-42(32-38)43-33-39(62-2)27-30-50(43)59(49)37-25-28-46-52(31-37)58(36-15-5-3-6-16-36)51-22-12-10-20-45(51)57(46)47-21-11-14-24-55(47)64(60,40-17-7-4-8-18-40)56-35-54-44(34-48(56)57)41-19-9-13-23-53(41)63-54/h3-35H,1-2H3. The van der Waals surface area contributed by atoms with Crippen LogP contribution >= 0.6 is 7.14 Å². The van der Waals surface area contributed by atoms with Gasteiger partial charge in [-0.3, -0.25) is 0 Å². The van der Waals surface area contributed by atoms with E-state index in [1.807, 2.05) is 60.7 Å². The summed E-state index contributed by atoms with van der Waals surface area (Å²) in [4.78, 5) is 2.40. The molecule has 0 saturated heterocycles. The van der Waals surface area contributed by atoms with Crippen LogP contribution in [-0.4, -0.2) is 18.8 Å². The molecule has 0 saturated carbocycles. The highest BCUT2D eigenvalue weighted by atomic mass is 31.2. The Morgan fingerprint density at radius 3 is 1.81 bits per heavy atom. The molecule has 1 spiro atoms. The van der Waals surface area contributed by atoms with E-state index in [-0.39, 0.29) is 0 Å². The highest BCUT2D eigenvalue weighted by Gasteiger charge is 2.55. The molecule has 2 aliphatic heterocycles. The first kappa shape index (κ1) is 36.8. The van der Waals surface area contributed by atoms with Crippen molar-refractivity contribution in [2.45, 2.75) is 5.41 Å². The van der Waals surface area contributed by atoms with Gasteiger partial charge < -0.3 is 27.9 Å². The number of ether oxygens (including phenoxy) is 2. The summed E-state index contributed by atoms with van der Waals surface area (Å²) in [6.45, 7) is 0. The molecule has 0 N–H and O–H groups in total. The van der Waals surface area contributed by atoms with Crippen LogP contribution in [0.1, 0.15) is 22.3 Å². The van der Waals surface area contributed by atoms with Crippen LogP contribution in [-0.2, 0) is 9.98 Å². The maximum atomic E-state index is 16.8. The number of methoxy groups -OCH3 is 2. The Morgan fingerprint density at radius 1 is 0.453 bits per heavy atom. The molecule has 0 aliphatic carbocycles. The van der Waals surface area contributed by atoms with Gasteiger partial charge in [-0.2, -0.15) is 0 Å². The normalized spacial score (nSPS) is 17.4. The minimum atomic E-state index is -3.50. The van der Waals surface area contributed by atoms with E-state index in [1.165, 1.54) is 0 Å². The molecule has 11 aromatic rings. The Hall–Kier alpha value is -7.79. The molecule has 2 aromatic heterocycles. The summed E-state index contributed by atoms with van der Waals surface area (Å²) in [5, 5.41) is 6.55. The molecule has 13 rings (SSSR count). The summed E-state index contributed by atoms with van der Waals surface area (Å²) in [5.74, 6) is 1.58. The highest BCUT2D eigenvalue weighted by Crippen LogP contribution is 2.63. The molecule has 2 unspecified atom stereocenters. The summed E-state index contributed by atoms with van der Waals surface area (Å²) in [6.07, 6.45) is 0. The molecule has 64 heavy (non-hydrogen) atoms. The number of anilines is 3. The summed E-state index contributed by atoms with van der Waals surface area (Å²) in [6, 6.07) is 69.9. The third kappa shape index (κ3) is 4.83. The van der Waals surface area contributed by atoms with Gasteiger partial charge in [-0.25, -0.2) is 0 Å². The molecule has 7 heteroatoms. The maximum Gasteiger partial charge on any atom is 0.171 e. The zero-order valence-corrected chi connectivity index (χ0v) is 35.9. The SMILES string of the molecule is COc1ccc2c(c1)c1cc(OC)ccc1n2-c1ccc2c(c1)N(c1ccccc1)c1ccccc1C21c2ccccc2P(=O)(c2ccccc2)c2cc3oc4ccccc4c3cc21. The van der Waals surface area contributed by atoms with E-state index < -0.39 is 12.6 Å². The predicted octanol–water partition coefficient (Wildman–Crippen LogP) is 12.8. The first-order chi connectivity index (χ1) is 31.5. The predicted molar refractivity (Wildman–Crippen MR) is 261 cm³/mol. The summed E-state index contributed by atoms with van der Waals surface area (Å²) < 4.78 is 37.2. The van der Waals surface area contributed by atoms with Crippen molar-refractivity contribution < 1.29 is 18.5 Å². The second-order valence-corrected chi connectivity index (χ2v) is 19.4. The van der Waals surface area contributed by atoms with E-state index in [9.17, 15) is 0 Å². The fraction of sp³-hybridized carbons (Fsp3) is 0.0526. The fourth-order valence-electron chi connectivity index (χ4n) is 10.9. The van der Waals surface area contributed by atoms with Gasteiger partial charge in [-0.15, -0.1) is 0 Å². The highest BCUT2D eigenvalue weighted by molar-refractivity contribution is 7.85. The molecule has 0 radical (unpaired) electrons. The van der Waals surface area contributed by atoms with Crippen molar-refractivity contribution in [3.8, 4) is 17.2 Å². The lowest BCUT2D eigenvalue weighted by atomic mass is 9.62. The molecular formula is C57H39N2O4P. The van der Waals surface area contributed by atoms with Gasteiger partial charge in [0.1, 0.15) is 22.7 Å². The molecule has 4 heterocycles. The summed E-state index contributed by atoms with van der Waals surface area (Å²) >= 11 is 0. The lowest BCUT2D eigenvalue weighted by Gasteiger charge is -2.50. The maximum absolute atomic E-state index is 16.8. The minimum Gasteiger partial charge on any atom is -0.497 e. The quantitative estimate of drug-likeness (QED) is 0.162. The molecule has 306 valence electrons. The monoisotopic (exact) mass is 846 g/mol. The molecule has 6 nitrogen and oxygen atoms in total. The first-order valence-corrected chi connectivity index (χ1v) is 23.2. The lowest BCUT2D eigenvalue weighted by molar-refractivity contribution is 0.415. The Labute approximate surface area is 369 Å². The van der Waals surface area contributed by atoms with Crippen LogP contribution in [0, 0.1) is 0 Å². The van der Waals surface area contributed by atoms with Crippen molar-refractivity contribution in [3.05, 3.63) is 222 Å². The number of benzene rings is 9.